The van der Waals surface area contributed by atoms with E-state index in [2.05, 4.69) is 15.5 Å². The van der Waals surface area contributed by atoms with Crippen LogP contribution in [0.15, 0.2) is 46.9 Å². The molecule has 0 fully saturated rings. The molecule has 0 atom stereocenters. The number of non-ortho nitro benzene ring substituents is 1. The molecule has 1 heterocycles. The molecule has 0 saturated heterocycles. The van der Waals surface area contributed by atoms with Crippen molar-refractivity contribution in [2.45, 2.75) is 19.8 Å². The Balaban J connectivity index is 1.39. The molecule has 32 heavy (non-hydrogen) atoms. The minimum absolute atomic E-state index is 0.0393. The number of ether oxygens (including phenoxy) is 1. The summed E-state index contributed by atoms with van der Waals surface area (Å²) in [4.78, 5) is 34.1. The monoisotopic (exact) mass is 458 g/mol. The first-order valence-electron chi connectivity index (χ1n) is 9.60. The second-order valence-corrected chi connectivity index (χ2v) is 7.17. The van der Waals surface area contributed by atoms with E-state index in [1.807, 2.05) is 31.2 Å². The van der Waals surface area contributed by atoms with Crippen LogP contribution in [-0.4, -0.2) is 40.1 Å². The van der Waals surface area contributed by atoms with E-state index in [1.54, 1.807) is 0 Å². The minimum atomic E-state index is -0.607. The van der Waals surface area contributed by atoms with Gasteiger partial charge in [0.1, 0.15) is 6.61 Å². The van der Waals surface area contributed by atoms with Crippen molar-refractivity contribution >= 4 is 29.2 Å². The highest BCUT2D eigenvalue weighted by molar-refractivity contribution is 6.34. The molecule has 0 bridgehead atoms. The van der Waals surface area contributed by atoms with Gasteiger partial charge >= 0.3 is 5.97 Å². The smallest absolute Gasteiger partial charge is 0.306 e. The second-order valence-electron chi connectivity index (χ2n) is 6.76. The molecule has 2 aromatic carbocycles. The van der Waals surface area contributed by atoms with Crippen LogP contribution in [0.1, 0.15) is 28.2 Å². The third-order valence-electron chi connectivity index (χ3n) is 4.37. The number of aryl methyl sites for hydroxylation is 2. The number of nitrogens with one attached hydrogen (secondary N) is 1. The molecule has 3 aromatic rings. The Morgan fingerprint density at radius 1 is 1.19 bits per heavy atom. The lowest BCUT2D eigenvalue weighted by Gasteiger charge is -2.07. The van der Waals surface area contributed by atoms with E-state index in [0.29, 0.717) is 11.8 Å². The number of esters is 1. The summed E-state index contributed by atoms with van der Waals surface area (Å²) in [6, 6.07) is 11.2. The molecule has 1 N–H and O–H groups in total. The van der Waals surface area contributed by atoms with E-state index in [1.165, 1.54) is 12.1 Å². The van der Waals surface area contributed by atoms with Gasteiger partial charge in [-0.1, -0.05) is 29.3 Å². The summed E-state index contributed by atoms with van der Waals surface area (Å²) in [6.45, 7) is 1.98. The summed E-state index contributed by atoms with van der Waals surface area (Å²) in [6.07, 6.45) is 0.264. The number of carbonyl (C=O) groups excluding carboxylic acids is 2. The van der Waals surface area contributed by atoms with E-state index in [9.17, 15) is 19.7 Å². The van der Waals surface area contributed by atoms with E-state index >= 15 is 0 Å². The maximum absolute atomic E-state index is 12.1. The lowest BCUT2D eigenvalue weighted by molar-refractivity contribution is -0.384. The van der Waals surface area contributed by atoms with Gasteiger partial charge in [0.05, 0.1) is 28.5 Å². The molecular weight excluding hydrogens is 440 g/mol. The van der Waals surface area contributed by atoms with Crippen LogP contribution in [0.4, 0.5) is 5.69 Å². The fourth-order valence-electron chi connectivity index (χ4n) is 2.67. The highest BCUT2D eigenvalue weighted by Gasteiger charge is 2.15. The van der Waals surface area contributed by atoms with Gasteiger partial charge in [0.25, 0.3) is 11.6 Å². The summed E-state index contributed by atoms with van der Waals surface area (Å²) < 4.78 is 10.6. The standard InChI is InChI=1S/C21H19ClN4O6/c1-13-2-4-14(5-3-13)21-25-24-18(32-21)8-9-19(27)31-11-10-23-20(28)16-7-6-15(26(29)30)12-17(16)22/h2-7,12H,8-11H2,1H3,(H,23,28). The number of amides is 1. The molecule has 0 aliphatic rings. The van der Waals surface area contributed by atoms with Gasteiger partial charge in [-0.15, -0.1) is 10.2 Å². The second kappa shape index (κ2) is 10.5. The summed E-state index contributed by atoms with van der Waals surface area (Å²) in [5.41, 5.74) is 1.78. The molecule has 166 valence electrons. The van der Waals surface area contributed by atoms with Gasteiger partial charge in [-0.3, -0.25) is 19.7 Å². The third kappa shape index (κ3) is 6.11. The van der Waals surface area contributed by atoms with E-state index in [4.69, 9.17) is 20.8 Å². The number of carbonyl (C=O) groups is 2. The number of nitro groups is 1. The Morgan fingerprint density at radius 2 is 1.94 bits per heavy atom. The number of nitro benzene ring substituents is 1. The Hall–Kier alpha value is -3.79. The molecule has 0 spiro atoms. The van der Waals surface area contributed by atoms with Crippen LogP contribution in [-0.2, 0) is 16.0 Å². The van der Waals surface area contributed by atoms with Crippen LogP contribution in [0, 0.1) is 17.0 Å². The molecular formula is C21H19ClN4O6. The molecule has 1 amide bonds. The van der Waals surface area contributed by atoms with Crippen molar-refractivity contribution in [2.75, 3.05) is 13.2 Å². The summed E-state index contributed by atoms with van der Waals surface area (Å²) in [5.74, 6) is -0.322. The minimum Gasteiger partial charge on any atom is -0.464 e. The van der Waals surface area contributed by atoms with Crippen molar-refractivity contribution in [2.24, 2.45) is 0 Å². The van der Waals surface area contributed by atoms with Crippen molar-refractivity contribution in [1.82, 2.24) is 15.5 Å². The van der Waals surface area contributed by atoms with Gasteiger partial charge in [0.2, 0.25) is 11.8 Å². The Morgan fingerprint density at radius 3 is 2.62 bits per heavy atom. The lowest BCUT2D eigenvalue weighted by Crippen LogP contribution is -2.28. The molecule has 1 aromatic heterocycles. The zero-order chi connectivity index (χ0) is 23.1. The van der Waals surface area contributed by atoms with Crippen molar-refractivity contribution < 1.29 is 23.7 Å². The first kappa shape index (κ1) is 22.9. The summed E-state index contributed by atoms with van der Waals surface area (Å²) in [7, 11) is 0. The SMILES string of the molecule is Cc1ccc(-c2nnc(CCC(=O)OCCNC(=O)c3ccc([N+](=O)[O-])cc3Cl)o2)cc1. The number of nitrogens with zero attached hydrogens (tertiary/aromatic N) is 3. The first-order chi connectivity index (χ1) is 15.3. The average Bonchev–Trinajstić information content (AvgIpc) is 3.24. The lowest BCUT2D eigenvalue weighted by atomic mass is 10.1. The molecule has 0 radical (unpaired) electrons. The number of halogens is 1. The van der Waals surface area contributed by atoms with Gasteiger partial charge in [-0.2, -0.15) is 0 Å². The number of hydrogen-bond donors (Lipinski definition) is 1. The molecule has 0 unspecified atom stereocenters. The predicted molar refractivity (Wildman–Crippen MR) is 114 cm³/mol. The molecule has 11 heteroatoms. The van der Waals surface area contributed by atoms with E-state index in [-0.39, 0.29) is 42.3 Å². The predicted octanol–water partition coefficient (Wildman–Crippen LogP) is 3.51. The van der Waals surface area contributed by atoms with Gasteiger partial charge in [-0.05, 0) is 25.1 Å². The molecule has 10 nitrogen and oxygen atoms in total. The molecule has 0 aliphatic heterocycles. The highest BCUT2D eigenvalue weighted by atomic mass is 35.5. The average molecular weight is 459 g/mol. The normalized spacial score (nSPS) is 10.6. The van der Waals surface area contributed by atoms with Crippen LogP contribution in [0.25, 0.3) is 11.5 Å². The number of aromatic nitrogens is 2. The Kier molecular flexibility index (Phi) is 7.50. The molecule has 0 saturated carbocycles. The van der Waals surface area contributed by atoms with Crippen LogP contribution in [0.2, 0.25) is 5.02 Å². The fourth-order valence-corrected chi connectivity index (χ4v) is 2.94. The van der Waals surface area contributed by atoms with Gasteiger partial charge in [0.15, 0.2) is 0 Å². The van der Waals surface area contributed by atoms with Crippen molar-refractivity contribution in [3.8, 4) is 11.5 Å². The number of rotatable bonds is 9. The number of hydrogen-bond acceptors (Lipinski definition) is 8. The summed E-state index contributed by atoms with van der Waals surface area (Å²) >= 11 is 5.91. The van der Waals surface area contributed by atoms with Gasteiger partial charge in [-0.25, -0.2) is 0 Å². The molecule has 3 rings (SSSR count). The topological polar surface area (TPSA) is 137 Å². The van der Waals surface area contributed by atoms with Crippen LogP contribution in [0.5, 0.6) is 0 Å². The maximum atomic E-state index is 12.1. The maximum Gasteiger partial charge on any atom is 0.306 e. The Bertz CT molecular complexity index is 1130. The molecule has 0 aliphatic carbocycles. The van der Waals surface area contributed by atoms with Gasteiger partial charge < -0.3 is 14.5 Å². The first-order valence-corrected chi connectivity index (χ1v) is 9.98. The van der Waals surface area contributed by atoms with Crippen molar-refractivity contribution in [3.05, 3.63) is 74.6 Å². The van der Waals surface area contributed by atoms with Crippen LogP contribution >= 0.6 is 11.6 Å². The van der Waals surface area contributed by atoms with Gasteiger partial charge in [0, 0.05) is 24.1 Å². The van der Waals surface area contributed by atoms with E-state index in [0.717, 1.165) is 17.2 Å². The van der Waals surface area contributed by atoms with Crippen molar-refractivity contribution in [1.29, 1.82) is 0 Å². The summed E-state index contributed by atoms with van der Waals surface area (Å²) in [5, 5.41) is 21.1. The van der Waals surface area contributed by atoms with Crippen LogP contribution < -0.4 is 5.32 Å². The van der Waals surface area contributed by atoms with Crippen LogP contribution in [0.3, 0.4) is 0 Å². The zero-order valence-electron chi connectivity index (χ0n) is 17.0. The number of benzene rings is 2. The van der Waals surface area contributed by atoms with E-state index < -0.39 is 16.8 Å². The third-order valence-corrected chi connectivity index (χ3v) is 4.68. The fraction of sp³-hybridized carbons (Fsp3) is 0.238. The highest BCUT2D eigenvalue weighted by Crippen LogP contribution is 2.22. The zero-order valence-corrected chi connectivity index (χ0v) is 17.8. The quantitative estimate of drug-likeness (QED) is 0.222. The largest absolute Gasteiger partial charge is 0.464 e. The van der Waals surface area contributed by atoms with Crippen molar-refractivity contribution in [3.63, 3.8) is 0 Å². The Labute approximate surface area is 187 Å².